The summed E-state index contributed by atoms with van der Waals surface area (Å²) in [4.78, 5) is 17.1. The number of hydrogen-bond acceptors (Lipinski definition) is 4. The van der Waals surface area contributed by atoms with Crippen LogP contribution in [0, 0.1) is 6.92 Å². The lowest BCUT2D eigenvalue weighted by Crippen LogP contribution is -2.30. The molecule has 7 heteroatoms. The summed E-state index contributed by atoms with van der Waals surface area (Å²) < 4.78 is 0. The van der Waals surface area contributed by atoms with Crippen molar-refractivity contribution < 1.29 is 9.90 Å². The molecule has 0 fully saturated rings. The van der Waals surface area contributed by atoms with Crippen molar-refractivity contribution in [1.82, 2.24) is 20.5 Å². The number of nitrogens with one attached hydrogen (secondary N) is 2. The topological polar surface area (TPSA) is 90.9 Å². The van der Waals surface area contributed by atoms with Gasteiger partial charge < -0.3 is 10.4 Å². The van der Waals surface area contributed by atoms with Gasteiger partial charge in [-0.05, 0) is 55.0 Å². The largest absolute Gasteiger partial charge is 0.394 e. The standard InChI is InChI=1S/C22H19ClN4O2/c1-13-9-15(7-8-24-13)21-18-11-16(5-6-19(18)26-27-21)22(29)25-20(12-28)14-3-2-4-17(23)10-14/h2-11,20,28H,12H2,1H3,(H,25,29)(H,26,27). The predicted octanol–water partition coefficient (Wildman–Crippen LogP) is 4.05. The molecule has 2 aromatic carbocycles. The fraction of sp³-hybridized carbons (Fsp3) is 0.136. The van der Waals surface area contributed by atoms with Gasteiger partial charge in [0, 0.05) is 33.4 Å². The number of aromatic nitrogens is 3. The molecule has 0 aliphatic rings. The van der Waals surface area contributed by atoms with Gasteiger partial charge in [-0.25, -0.2) is 0 Å². The molecule has 146 valence electrons. The lowest BCUT2D eigenvalue weighted by molar-refractivity contribution is 0.0916. The van der Waals surface area contributed by atoms with E-state index >= 15 is 0 Å². The number of hydrogen-bond donors (Lipinski definition) is 3. The number of aromatic amines is 1. The van der Waals surface area contributed by atoms with Gasteiger partial charge in [-0.3, -0.25) is 14.9 Å². The van der Waals surface area contributed by atoms with Crippen LogP contribution in [0.5, 0.6) is 0 Å². The van der Waals surface area contributed by atoms with Gasteiger partial charge in [0.2, 0.25) is 0 Å². The average molecular weight is 407 g/mol. The molecule has 3 N–H and O–H groups in total. The van der Waals surface area contributed by atoms with Gasteiger partial charge in [0.15, 0.2) is 0 Å². The maximum absolute atomic E-state index is 12.8. The fourth-order valence-corrected chi connectivity index (χ4v) is 3.47. The van der Waals surface area contributed by atoms with Crippen LogP contribution in [0.1, 0.15) is 27.7 Å². The quantitative estimate of drug-likeness (QED) is 0.466. The summed E-state index contributed by atoms with van der Waals surface area (Å²) in [6.07, 6.45) is 1.73. The summed E-state index contributed by atoms with van der Waals surface area (Å²) in [6.45, 7) is 1.68. The third-order valence-corrected chi connectivity index (χ3v) is 4.97. The third kappa shape index (κ3) is 3.99. The number of carbonyl (C=O) groups is 1. The van der Waals surface area contributed by atoms with Gasteiger partial charge in [-0.15, -0.1) is 0 Å². The van der Waals surface area contributed by atoms with Crippen LogP contribution in [0.15, 0.2) is 60.8 Å². The Morgan fingerprint density at radius 1 is 1.21 bits per heavy atom. The van der Waals surface area contributed by atoms with E-state index in [0.29, 0.717) is 10.6 Å². The Labute approximate surface area is 172 Å². The minimum absolute atomic E-state index is 0.235. The van der Waals surface area contributed by atoms with Crippen molar-refractivity contribution in [3.8, 4) is 11.3 Å². The number of pyridine rings is 1. The molecule has 0 aliphatic carbocycles. The fourth-order valence-electron chi connectivity index (χ4n) is 3.27. The second kappa shape index (κ2) is 8.03. The van der Waals surface area contributed by atoms with Crippen LogP contribution in [0.2, 0.25) is 5.02 Å². The van der Waals surface area contributed by atoms with Crippen LogP contribution in [-0.4, -0.2) is 32.8 Å². The number of carbonyl (C=O) groups excluding carboxylic acids is 1. The van der Waals surface area contributed by atoms with E-state index in [1.165, 1.54) is 0 Å². The molecule has 0 spiro atoms. The van der Waals surface area contributed by atoms with Crippen LogP contribution in [0.4, 0.5) is 0 Å². The number of H-pyrrole nitrogens is 1. The predicted molar refractivity (Wildman–Crippen MR) is 113 cm³/mol. The molecule has 2 heterocycles. The van der Waals surface area contributed by atoms with Crippen molar-refractivity contribution in [2.75, 3.05) is 6.61 Å². The maximum atomic E-state index is 12.8. The summed E-state index contributed by atoms with van der Waals surface area (Å²) in [5.74, 6) is -0.288. The Balaban J connectivity index is 1.65. The van der Waals surface area contributed by atoms with Gasteiger partial charge in [0.25, 0.3) is 5.91 Å². The second-order valence-corrected chi connectivity index (χ2v) is 7.22. The molecule has 29 heavy (non-hydrogen) atoms. The van der Waals surface area contributed by atoms with Crippen LogP contribution in [0.25, 0.3) is 22.2 Å². The number of amides is 1. The van der Waals surface area contributed by atoms with E-state index in [9.17, 15) is 9.90 Å². The summed E-state index contributed by atoms with van der Waals surface area (Å²) in [7, 11) is 0. The molecule has 0 radical (unpaired) electrons. The molecule has 0 saturated carbocycles. The van der Waals surface area contributed by atoms with Crippen molar-refractivity contribution in [2.45, 2.75) is 13.0 Å². The van der Waals surface area contributed by atoms with Gasteiger partial charge in [-0.1, -0.05) is 23.7 Å². The van der Waals surface area contributed by atoms with Gasteiger partial charge >= 0.3 is 0 Å². The third-order valence-electron chi connectivity index (χ3n) is 4.73. The number of aryl methyl sites for hydroxylation is 1. The van der Waals surface area contributed by atoms with Crippen LogP contribution in [-0.2, 0) is 0 Å². The number of rotatable bonds is 5. The van der Waals surface area contributed by atoms with Gasteiger partial charge in [0.05, 0.1) is 18.2 Å². The van der Waals surface area contributed by atoms with Crippen molar-refractivity contribution in [1.29, 1.82) is 0 Å². The van der Waals surface area contributed by atoms with E-state index in [0.717, 1.165) is 33.4 Å². The molecule has 1 unspecified atom stereocenters. The molecule has 4 aromatic rings. The van der Waals surface area contributed by atoms with Crippen LogP contribution < -0.4 is 5.32 Å². The highest BCUT2D eigenvalue weighted by molar-refractivity contribution is 6.30. The first-order valence-electron chi connectivity index (χ1n) is 9.13. The lowest BCUT2D eigenvalue weighted by Gasteiger charge is -2.17. The summed E-state index contributed by atoms with van der Waals surface area (Å²) in [5, 5.41) is 21.4. The maximum Gasteiger partial charge on any atom is 0.251 e. The number of fused-ring (bicyclic) bond motifs is 1. The summed E-state index contributed by atoms with van der Waals surface area (Å²) >= 11 is 6.03. The van der Waals surface area contributed by atoms with Crippen molar-refractivity contribution >= 4 is 28.4 Å². The van der Waals surface area contributed by atoms with E-state index in [4.69, 9.17) is 11.6 Å². The molecule has 2 aromatic heterocycles. The summed E-state index contributed by atoms with van der Waals surface area (Å²) in [5.41, 5.74) is 4.62. The highest BCUT2D eigenvalue weighted by atomic mass is 35.5. The Morgan fingerprint density at radius 2 is 2.07 bits per heavy atom. The van der Waals surface area contributed by atoms with Gasteiger partial charge in [-0.2, -0.15) is 5.10 Å². The zero-order valence-corrected chi connectivity index (χ0v) is 16.4. The van der Waals surface area contributed by atoms with Crippen LogP contribution in [0.3, 0.4) is 0 Å². The molecular weight excluding hydrogens is 388 g/mol. The van der Waals surface area contributed by atoms with E-state index in [1.54, 1.807) is 36.5 Å². The van der Waals surface area contributed by atoms with Crippen molar-refractivity contribution in [3.63, 3.8) is 0 Å². The molecule has 0 saturated heterocycles. The Hall–Kier alpha value is -3.22. The number of halogens is 1. The molecule has 1 amide bonds. The van der Waals surface area contributed by atoms with Crippen LogP contribution >= 0.6 is 11.6 Å². The van der Waals surface area contributed by atoms with E-state index in [2.05, 4.69) is 20.5 Å². The normalized spacial score (nSPS) is 12.1. The second-order valence-electron chi connectivity index (χ2n) is 6.78. The number of nitrogens with zero attached hydrogens (tertiary/aromatic N) is 2. The first-order valence-corrected chi connectivity index (χ1v) is 9.51. The smallest absolute Gasteiger partial charge is 0.251 e. The molecule has 0 aliphatic heterocycles. The zero-order valence-electron chi connectivity index (χ0n) is 15.7. The van der Waals surface area contributed by atoms with Gasteiger partial charge in [0.1, 0.15) is 5.69 Å². The summed E-state index contributed by atoms with van der Waals surface area (Å²) in [6, 6.07) is 15.7. The average Bonchev–Trinajstić information content (AvgIpc) is 3.15. The first kappa shape index (κ1) is 19.1. The Kier molecular flexibility index (Phi) is 5.29. The van der Waals surface area contributed by atoms with E-state index in [1.807, 2.05) is 31.2 Å². The number of aliphatic hydroxyl groups excluding tert-OH is 1. The van der Waals surface area contributed by atoms with Crippen molar-refractivity contribution in [3.05, 3.63) is 82.6 Å². The highest BCUT2D eigenvalue weighted by Gasteiger charge is 2.17. The Morgan fingerprint density at radius 3 is 2.83 bits per heavy atom. The lowest BCUT2D eigenvalue weighted by atomic mass is 10.0. The SMILES string of the molecule is Cc1cc(-c2n[nH]c3ccc(C(=O)NC(CO)c4cccc(Cl)c4)cc23)ccn1. The Bertz CT molecular complexity index is 1190. The van der Waals surface area contributed by atoms with Crippen molar-refractivity contribution in [2.24, 2.45) is 0 Å². The first-order chi connectivity index (χ1) is 14.0. The monoisotopic (exact) mass is 406 g/mol. The molecular formula is C22H19ClN4O2. The number of benzene rings is 2. The molecule has 4 rings (SSSR count). The highest BCUT2D eigenvalue weighted by Crippen LogP contribution is 2.27. The number of aliphatic hydroxyl groups is 1. The minimum Gasteiger partial charge on any atom is -0.394 e. The van der Waals surface area contributed by atoms with E-state index in [-0.39, 0.29) is 12.5 Å². The minimum atomic E-state index is -0.552. The zero-order chi connectivity index (χ0) is 20.4. The molecule has 6 nitrogen and oxygen atoms in total. The molecule has 1 atom stereocenters. The molecule has 0 bridgehead atoms. The van der Waals surface area contributed by atoms with E-state index < -0.39 is 6.04 Å².